The average Bonchev–Trinajstić information content (AvgIpc) is 3.13. The lowest BCUT2D eigenvalue weighted by Crippen LogP contribution is -1.99. The Hall–Kier alpha value is -3.74. The van der Waals surface area contributed by atoms with E-state index in [2.05, 4.69) is 25.1 Å². The number of hydrogen-bond donors (Lipinski definition) is 1. The summed E-state index contributed by atoms with van der Waals surface area (Å²) in [5.74, 6) is 1.78. The summed E-state index contributed by atoms with van der Waals surface area (Å²) in [5.41, 5.74) is 4.22. The van der Waals surface area contributed by atoms with Gasteiger partial charge in [0.1, 0.15) is 5.69 Å². The molecule has 28 heavy (non-hydrogen) atoms. The Morgan fingerprint density at radius 3 is 2.18 bits per heavy atom. The molecule has 0 aliphatic heterocycles. The lowest BCUT2D eigenvalue weighted by Gasteiger charge is -2.12. The number of aromatic amines is 1. The molecule has 0 aliphatic carbocycles. The van der Waals surface area contributed by atoms with Crippen molar-refractivity contribution in [3.63, 3.8) is 0 Å². The molecule has 0 atom stereocenters. The maximum Gasteiger partial charge on any atom is 0.227 e. The fraction of sp³-hybridized carbons (Fsp3) is 0.143. The van der Waals surface area contributed by atoms with Gasteiger partial charge in [-0.1, -0.05) is 12.1 Å². The number of pyridine rings is 3. The largest absolute Gasteiger partial charge is 0.420 e. The molecule has 0 unspecified atom stereocenters. The summed E-state index contributed by atoms with van der Waals surface area (Å²) in [4.78, 5) is 13.2. The highest BCUT2D eigenvalue weighted by atomic mass is 16.5. The molecular formula is C21H19N5O2. The minimum Gasteiger partial charge on any atom is -0.420 e. The first kappa shape index (κ1) is 17.7. The van der Waals surface area contributed by atoms with Gasteiger partial charge in [-0.15, -0.1) is 0 Å². The van der Waals surface area contributed by atoms with Gasteiger partial charge in [-0.3, -0.25) is 5.10 Å². The number of rotatable bonds is 5. The van der Waals surface area contributed by atoms with Crippen LogP contribution in [0.2, 0.25) is 0 Å². The molecule has 0 amide bonds. The summed E-state index contributed by atoms with van der Waals surface area (Å²) < 4.78 is 11.8. The average molecular weight is 373 g/mol. The summed E-state index contributed by atoms with van der Waals surface area (Å²) >= 11 is 0. The highest BCUT2D eigenvalue weighted by molar-refractivity contribution is 5.55. The van der Waals surface area contributed by atoms with Gasteiger partial charge in [0, 0.05) is 35.2 Å². The highest BCUT2D eigenvalue weighted by Crippen LogP contribution is 2.30. The zero-order valence-electron chi connectivity index (χ0n) is 15.8. The fourth-order valence-corrected chi connectivity index (χ4v) is 2.69. The Morgan fingerprint density at radius 2 is 1.50 bits per heavy atom. The predicted octanol–water partition coefficient (Wildman–Crippen LogP) is 4.77. The van der Waals surface area contributed by atoms with E-state index in [1.165, 1.54) is 0 Å². The molecule has 0 bridgehead atoms. The molecule has 4 rings (SSSR count). The van der Waals surface area contributed by atoms with Crippen molar-refractivity contribution in [3.05, 3.63) is 71.5 Å². The summed E-state index contributed by atoms with van der Waals surface area (Å²) in [7, 11) is 0. The lowest BCUT2D eigenvalue weighted by atomic mass is 10.2. The third-order valence-electron chi connectivity index (χ3n) is 4.04. The van der Waals surface area contributed by atoms with Crippen LogP contribution in [0.4, 0.5) is 0 Å². The Bertz CT molecular complexity index is 1110. The van der Waals surface area contributed by atoms with E-state index >= 15 is 0 Å². The topological polar surface area (TPSA) is 85.8 Å². The second kappa shape index (κ2) is 7.48. The van der Waals surface area contributed by atoms with E-state index in [0.29, 0.717) is 23.5 Å². The van der Waals surface area contributed by atoms with Crippen LogP contribution in [-0.4, -0.2) is 25.1 Å². The van der Waals surface area contributed by atoms with E-state index in [4.69, 9.17) is 9.47 Å². The van der Waals surface area contributed by atoms with E-state index in [1.54, 1.807) is 18.3 Å². The van der Waals surface area contributed by atoms with Gasteiger partial charge >= 0.3 is 0 Å². The minimum atomic E-state index is 0.430. The van der Waals surface area contributed by atoms with Crippen LogP contribution in [0.25, 0.3) is 11.4 Å². The van der Waals surface area contributed by atoms with Crippen molar-refractivity contribution in [2.45, 2.75) is 20.8 Å². The molecule has 0 saturated carbocycles. The Labute approximate surface area is 162 Å². The standard InChI is InChI=1S/C21H19N5O2/c1-13-11-14(2)21(24-20(13)27-18-8-4-5-10-22-18)28-19-9-6-7-16(23-19)17-12-15(3)25-26-17/h4-12H,1-3H3,(H,25,26). The molecule has 7 heteroatoms. The minimum absolute atomic E-state index is 0.430. The number of nitrogens with one attached hydrogen (secondary N) is 1. The normalized spacial score (nSPS) is 10.7. The Morgan fingerprint density at radius 1 is 0.750 bits per heavy atom. The molecule has 4 heterocycles. The first-order valence-corrected chi connectivity index (χ1v) is 8.83. The first-order valence-electron chi connectivity index (χ1n) is 8.83. The van der Waals surface area contributed by atoms with Gasteiger partial charge in [-0.25, -0.2) is 9.97 Å². The van der Waals surface area contributed by atoms with Gasteiger partial charge in [0.2, 0.25) is 23.5 Å². The zero-order valence-corrected chi connectivity index (χ0v) is 15.8. The Kier molecular flexibility index (Phi) is 4.72. The number of aromatic nitrogens is 5. The molecule has 0 saturated heterocycles. The van der Waals surface area contributed by atoms with Crippen LogP contribution in [0, 0.1) is 20.8 Å². The van der Waals surface area contributed by atoms with Crippen LogP contribution in [-0.2, 0) is 0 Å². The summed E-state index contributed by atoms with van der Waals surface area (Å²) in [6.07, 6.45) is 1.67. The second-order valence-electron chi connectivity index (χ2n) is 6.40. The van der Waals surface area contributed by atoms with Gasteiger partial charge in [-0.05, 0) is 45.0 Å². The van der Waals surface area contributed by atoms with Gasteiger partial charge in [0.15, 0.2) is 0 Å². The SMILES string of the molecule is Cc1cc(-c2cccc(Oc3nc(Oc4ccccn4)c(C)cc3C)n2)n[nH]1. The van der Waals surface area contributed by atoms with E-state index in [0.717, 1.165) is 28.2 Å². The number of aryl methyl sites for hydroxylation is 3. The fourth-order valence-electron chi connectivity index (χ4n) is 2.69. The molecule has 4 aromatic rings. The van der Waals surface area contributed by atoms with Crippen LogP contribution >= 0.6 is 0 Å². The third kappa shape index (κ3) is 3.83. The van der Waals surface area contributed by atoms with Crippen molar-refractivity contribution >= 4 is 0 Å². The van der Waals surface area contributed by atoms with E-state index in [-0.39, 0.29) is 0 Å². The molecule has 7 nitrogen and oxygen atoms in total. The third-order valence-corrected chi connectivity index (χ3v) is 4.04. The van der Waals surface area contributed by atoms with Crippen LogP contribution in [0.5, 0.6) is 23.5 Å². The summed E-state index contributed by atoms with van der Waals surface area (Å²) in [6, 6.07) is 14.9. The molecule has 140 valence electrons. The number of H-pyrrole nitrogens is 1. The summed E-state index contributed by atoms with van der Waals surface area (Å²) in [5, 5.41) is 7.16. The Balaban J connectivity index is 1.62. The van der Waals surface area contributed by atoms with Crippen LogP contribution in [0.15, 0.2) is 54.7 Å². The molecule has 4 aromatic heterocycles. The summed E-state index contributed by atoms with van der Waals surface area (Å²) in [6.45, 7) is 5.81. The van der Waals surface area contributed by atoms with Crippen molar-refractivity contribution in [1.29, 1.82) is 0 Å². The zero-order chi connectivity index (χ0) is 19.5. The predicted molar refractivity (Wildman–Crippen MR) is 105 cm³/mol. The molecular weight excluding hydrogens is 354 g/mol. The quantitative estimate of drug-likeness (QED) is 0.542. The van der Waals surface area contributed by atoms with Crippen molar-refractivity contribution in [1.82, 2.24) is 25.1 Å². The van der Waals surface area contributed by atoms with Gasteiger partial charge in [-0.2, -0.15) is 10.1 Å². The monoisotopic (exact) mass is 373 g/mol. The highest BCUT2D eigenvalue weighted by Gasteiger charge is 2.13. The van der Waals surface area contributed by atoms with Crippen molar-refractivity contribution in [2.24, 2.45) is 0 Å². The maximum absolute atomic E-state index is 5.95. The molecule has 0 aliphatic rings. The van der Waals surface area contributed by atoms with Gasteiger partial charge in [0.05, 0.1) is 5.69 Å². The maximum atomic E-state index is 5.95. The number of hydrogen-bond acceptors (Lipinski definition) is 6. The molecule has 0 radical (unpaired) electrons. The number of ether oxygens (including phenoxy) is 2. The lowest BCUT2D eigenvalue weighted by molar-refractivity contribution is 0.405. The van der Waals surface area contributed by atoms with Crippen molar-refractivity contribution < 1.29 is 9.47 Å². The smallest absolute Gasteiger partial charge is 0.227 e. The van der Waals surface area contributed by atoms with Gasteiger partial charge in [0.25, 0.3) is 0 Å². The van der Waals surface area contributed by atoms with Crippen molar-refractivity contribution in [3.8, 4) is 34.9 Å². The molecule has 0 aromatic carbocycles. The van der Waals surface area contributed by atoms with E-state index in [1.807, 2.05) is 57.2 Å². The van der Waals surface area contributed by atoms with Crippen LogP contribution in [0.3, 0.4) is 0 Å². The van der Waals surface area contributed by atoms with Crippen molar-refractivity contribution in [2.75, 3.05) is 0 Å². The van der Waals surface area contributed by atoms with E-state index < -0.39 is 0 Å². The van der Waals surface area contributed by atoms with Crippen LogP contribution in [0.1, 0.15) is 16.8 Å². The second-order valence-corrected chi connectivity index (χ2v) is 6.40. The van der Waals surface area contributed by atoms with Crippen LogP contribution < -0.4 is 9.47 Å². The molecule has 0 spiro atoms. The van der Waals surface area contributed by atoms with Gasteiger partial charge < -0.3 is 9.47 Å². The van der Waals surface area contributed by atoms with E-state index in [9.17, 15) is 0 Å². The number of nitrogens with zero attached hydrogens (tertiary/aromatic N) is 4. The molecule has 1 N–H and O–H groups in total. The first-order chi connectivity index (χ1) is 13.6. The molecule has 0 fully saturated rings.